The molecule has 29 heavy (non-hydrogen) atoms. The third kappa shape index (κ3) is 4.01. The molecule has 5 nitrogen and oxygen atoms in total. The molecule has 0 saturated heterocycles. The summed E-state index contributed by atoms with van der Waals surface area (Å²) in [5, 5.41) is 2.95. The molecule has 144 valence electrons. The minimum absolute atomic E-state index is 0.0378. The smallest absolute Gasteiger partial charge is 0.262 e. The van der Waals surface area contributed by atoms with Crippen molar-refractivity contribution in [2.24, 2.45) is 0 Å². The molecule has 0 aliphatic carbocycles. The lowest BCUT2D eigenvalue weighted by Crippen LogP contribution is -2.22. The number of fused-ring (bicyclic) bond motifs is 1. The number of ether oxygens (including phenoxy) is 1. The Labute approximate surface area is 165 Å². The van der Waals surface area contributed by atoms with Crippen molar-refractivity contribution in [1.29, 1.82) is 0 Å². The van der Waals surface area contributed by atoms with Gasteiger partial charge in [-0.3, -0.25) is 9.59 Å². The first kappa shape index (κ1) is 18.4. The SMILES string of the molecule is O=C(COc1c(-c2ccccc2)oc2ccccc2c1=O)Nc1ccc(F)cc1. The molecule has 1 N–H and O–H groups in total. The second kappa shape index (κ2) is 7.98. The molecule has 0 saturated carbocycles. The third-order valence-electron chi connectivity index (χ3n) is 4.27. The first-order valence-electron chi connectivity index (χ1n) is 8.91. The number of rotatable bonds is 5. The van der Waals surface area contributed by atoms with Gasteiger partial charge < -0.3 is 14.5 Å². The molecular formula is C23H16FNO4. The number of carbonyl (C=O) groups is 1. The fourth-order valence-corrected chi connectivity index (χ4v) is 2.90. The molecule has 0 atom stereocenters. The van der Waals surface area contributed by atoms with Crippen LogP contribution in [-0.2, 0) is 4.79 Å². The van der Waals surface area contributed by atoms with Crippen LogP contribution in [0.4, 0.5) is 10.1 Å². The molecule has 1 aromatic heterocycles. The maximum absolute atomic E-state index is 13.0. The highest BCUT2D eigenvalue weighted by Gasteiger charge is 2.18. The first-order valence-corrected chi connectivity index (χ1v) is 8.91. The van der Waals surface area contributed by atoms with Crippen LogP contribution >= 0.6 is 0 Å². The zero-order chi connectivity index (χ0) is 20.2. The largest absolute Gasteiger partial charge is 0.476 e. The van der Waals surface area contributed by atoms with Gasteiger partial charge in [-0.25, -0.2) is 4.39 Å². The Morgan fingerprint density at radius 2 is 1.62 bits per heavy atom. The Morgan fingerprint density at radius 1 is 0.931 bits per heavy atom. The monoisotopic (exact) mass is 389 g/mol. The van der Waals surface area contributed by atoms with Gasteiger partial charge in [0.2, 0.25) is 11.2 Å². The minimum atomic E-state index is -0.483. The number of amides is 1. The molecule has 1 heterocycles. The Hall–Kier alpha value is -3.93. The lowest BCUT2D eigenvalue weighted by Gasteiger charge is -2.12. The summed E-state index contributed by atoms with van der Waals surface area (Å²) in [5.74, 6) is -0.670. The van der Waals surface area contributed by atoms with E-state index >= 15 is 0 Å². The quantitative estimate of drug-likeness (QED) is 0.541. The number of anilines is 1. The molecular weight excluding hydrogens is 373 g/mol. The number of hydrogen-bond acceptors (Lipinski definition) is 4. The van der Waals surface area contributed by atoms with Crippen molar-refractivity contribution in [2.45, 2.75) is 0 Å². The van der Waals surface area contributed by atoms with E-state index in [1.807, 2.05) is 18.2 Å². The van der Waals surface area contributed by atoms with Gasteiger partial charge >= 0.3 is 0 Å². The van der Waals surface area contributed by atoms with Crippen LogP contribution in [0, 0.1) is 5.82 Å². The predicted molar refractivity (Wildman–Crippen MR) is 108 cm³/mol. The Bertz CT molecular complexity index is 1220. The molecule has 4 rings (SSSR count). The molecule has 6 heteroatoms. The highest BCUT2D eigenvalue weighted by atomic mass is 19.1. The summed E-state index contributed by atoms with van der Waals surface area (Å²) < 4.78 is 24.5. The number of halogens is 1. The molecule has 0 fully saturated rings. The Balaban J connectivity index is 1.65. The topological polar surface area (TPSA) is 68.5 Å². The van der Waals surface area contributed by atoms with E-state index in [2.05, 4.69) is 5.32 Å². The zero-order valence-corrected chi connectivity index (χ0v) is 15.2. The number of para-hydroxylation sites is 1. The normalized spacial score (nSPS) is 10.7. The van der Waals surface area contributed by atoms with Crippen molar-refractivity contribution in [3.63, 3.8) is 0 Å². The molecule has 0 unspecified atom stereocenters. The second-order valence-electron chi connectivity index (χ2n) is 6.30. The maximum atomic E-state index is 13.0. The van der Waals surface area contributed by atoms with Gasteiger partial charge in [-0.2, -0.15) is 0 Å². The molecule has 0 bridgehead atoms. The van der Waals surface area contributed by atoms with Crippen molar-refractivity contribution in [1.82, 2.24) is 0 Å². The van der Waals surface area contributed by atoms with E-state index in [-0.39, 0.29) is 16.9 Å². The van der Waals surface area contributed by atoms with Crippen molar-refractivity contribution < 1.29 is 18.3 Å². The van der Waals surface area contributed by atoms with Crippen LogP contribution < -0.4 is 15.5 Å². The average molecular weight is 389 g/mol. The van der Waals surface area contributed by atoms with Crippen LogP contribution in [0.5, 0.6) is 5.75 Å². The predicted octanol–water partition coefficient (Wildman–Crippen LogP) is 4.62. The summed E-state index contributed by atoms with van der Waals surface area (Å²) in [6.45, 7) is -0.402. The highest BCUT2D eigenvalue weighted by molar-refractivity contribution is 5.92. The number of hydrogen-bond donors (Lipinski definition) is 1. The Kier molecular flexibility index (Phi) is 5.07. The van der Waals surface area contributed by atoms with Gasteiger partial charge in [-0.15, -0.1) is 0 Å². The van der Waals surface area contributed by atoms with Crippen LogP contribution in [0.15, 0.2) is 88.1 Å². The van der Waals surface area contributed by atoms with Crippen LogP contribution in [0.25, 0.3) is 22.3 Å². The standard InChI is InChI=1S/C23H16FNO4/c24-16-10-12-17(13-11-16)25-20(26)14-28-23-21(27)18-8-4-5-9-19(18)29-22(23)15-6-2-1-3-7-15/h1-13H,14H2,(H,25,26). The van der Waals surface area contributed by atoms with E-state index in [1.165, 1.54) is 24.3 Å². The first-order chi connectivity index (χ1) is 14.1. The van der Waals surface area contributed by atoms with Crippen molar-refractivity contribution in [2.75, 3.05) is 11.9 Å². The summed E-state index contributed by atoms with van der Waals surface area (Å²) in [4.78, 5) is 25.2. The van der Waals surface area contributed by atoms with Gasteiger partial charge in [-0.1, -0.05) is 42.5 Å². The van der Waals surface area contributed by atoms with Crippen LogP contribution in [0.1, 0.15) is 0 Å². The number of carbonyl (C=O) groups excluding carboxylic acids is 1. The summed E-state index contributed by atoms with van der Waals surface area (Å²) in [6.07, 6.45) is 0. The lowest BCUT2D eigenvalue weighted by molar-refractivity contribution is -0.118. The molecule has 0 aliphatic rings. The summed E-state index contributed by atoms with van der Waals surface area (Å²) in [6, 6.07) is 21.3. The van der Waals surface area contributed by atoms with Gasteiger partial charge in [0.15, 0.2) is 12.4 Å². The van der Waals surface area contributed by atoms with E-state index in [9.17, 15) is 14.0 Å². The number of nitrogens with one attached hydrogen (secondary N) is 1. The summed E-state index contributed by atoms with van der Waals surface area (Å²) in [5.41, 5.74) is 1.15. The lowest BCUT2D eigenvalue weighted by atomic mass is 10.1. The minimum Gasteiger partial charge on any atom is -0.476 e. The fourth-order valence-electron chi connectivity index (χ4n) is 2.90. The second-order valence-corrected chi connectivity index (χ2v) is 6.30. The summed E-state index contributed by atoms with van der Waals surface area (Å²) >= 11 is 0. The van der Waals surface area contributed by atoms with E-state index in [1.54, 1.807) is 36.4 Å². The van der Waals surface area contributed by atoms with E-state index < -0.39 is 18.3 Å². The van der Waals surface area contributed by atoms with Gasteiger partial charge in [-0.05, 0) is 36.4 Å². The van der Waals surface area contributed by atoms with Gasteiger partial charge in [0, 0.05) is 11.3 Å². The average Bonchev–Trinajstić information content (AvgIpc) is 2.75. The van der Waals surface area contributed by atoms with Crippen LogP contribution in [-0.4, -0.2) is 12.5 Å². The third-order valence-corrected chi connectivity index (χ3v) is 4.27. The highest BCUT2D eigenvalue weighted by Crippen LogP contribution is 2.30. The summed E-state index contributed by atoms with van der Waals surface area (Å²) in [7, 11) is 0. The van der Waals surface area contributed by atoms with Crippen molar-refractivity contribution in [3.8, 4) is 17.1 Å². The molecule has 0 radical (unpaired) electrons. The Morgan fingerprint density at radius 3 is 2.38 bits per heavy atom. The van der Waals surface area contributed by atoms with E-state index in [0.717, 1.165) is 0 Å². The van der Waals surface area contributed by atoms with Crippen molar-refractivity contribution >= 4 is 22.6 Å². The molecule has 3 aromatic carbocycles. The van der Waals surface area contributed by atoms with Gasteiger partial charge in [0.25, 0.3) is 5.91 Å². The fraction of sp³-hybridized carbons (Fsp3) is 0.0435. The van der Waals surface area contributed by atoms with E-state index in [4.69, 9.17) is 9.15 Å². The molecule has 0 aliphatic heterocycles. The van der Waals surface area contributed by atoms with Crippen LogP contribution in [0.2, 0.25) is 0 Å². The van der Waals surface area contributed by atoms with Crippen LogP contribution in [0.3, 0.4) is 0 Å². The van der Waals surface area contributed by atoms with Gasteiger partial charge in [0.1, 0.15) is 11.4 Å². The number of benzene rings is 3. The molecule has 0 spiro atoms. The van der Waals surface area contributed by atoms with Gasteiger partial charge in [0.05, 0.1) is 5.39 Å². The zero-order valence-electron chi connectivity index (χ0n) is 15.2. The molecule has 4 aromatic rings. The van der Waals surface area contributed by atoms with Crippen molar-refractivity contribution in [3.05, 3.63) is 94.9 Å². The molecule has 1 amide bonds. The van der Waals surface area contributed by atoms with E-state index in [0.29, 0.717) is 22.2 Å². The maximum Gasteiger partial charge on any atom is 0.262 e.